The number of benzene rings is 1. The third-order valence-corrected chi connectivity index (χ3v) is 7.52. The van der Waals surface area contributed by atoms with Gasteiger partial charge in [-0.25, -0.2) is 4.79 Å². The summed E-state index contributed by atoms with van der Waals surface area (Å²) in [5.41, 5.74) is 0.839. The van der Waals surface area contributed by atoms with E-state index in [1.165, 1.54) is 21.6 Å². The molecular weight excluding hydrogens is 446 g/mol. The number of thioether (sulfide) groups is 1. The molecule has 1 aromatic carbocycles. The molecule has 2 aliphatic rings. The topological polar surface area (TPSA) is 116 Å². The Morgan fingerprint density at radius 1 is 1.24 bits per heavy atom. The minimum atomic E-state index is -1.59. The van der Waals surface area contributed by atoms with Crippen LogP contribution in [0.4, 0.5) is 0 Å². The molecule has 3 rings (SSSR count). The van der Waals surface area contributed by atoms with E-state index in [1.54, 1.807) is 13.8 Å². The average molecular weight is 478 g/mol. The van der Waals surface area contributed by atoms with Gasteiger partial charge in [-0.15, -0.1) is 11.8 Å². The molecule has 0 aromatic heterocycles. The zero-order valence-corrected chi connectivity index (χ0v) is 20.1. The molecule has 3 amide bonds. The normalized spacial score (nSPS) is 23.8. The lowest BCUT2D eigenvalue weighted by Crippen LogP contribution is -2.67. The van der Waals surface area contributed by atoms with Gasteiger partial charge < -0.3 is 25.0 Å². The van der Waals surface area contributed by atoms with Crippen LogP contribution in [0.15, 0.2) is 30.3 Å². The summed E-state index contributed by atoms with van der Waals surface area (Å²) in [7, 11) is 0. The summed E-state index contributed by atoms with van der Waals surface area (Å²) in [6, 6.07) is 8.44. The van der Waals surface area contributed by atoms with Crippen molar-refractivity contribution in [2.75, 3.05) is 19.6 Å². The molecular formula is C23H31N3O6S. The highest BCUT2D eigenvalue weighted by Crippen LogP contribution is 2.54. The minimum Gasteiger partial charge on any atom is -0.459 e. The van der Waals surface area contributed by atoms with Crippen LogP contribution in [-0.2, 0) is 30.5 Å². The Kier molecular flexibility index (Phi) is 7.69. The largest absolute Gasteiger partial charge is 0.459 e. The number of ether oxygens (including phenoxy) is 1. The van der Waals surface area contributed by atoms with Crippen LogP contribution in [0.3, 0.4) is 0 Å². The Morgan fingerprint density at radius 3 is 2.52 bits per heavy atom. The molecule has 9 nitrogen and oxygen atoms in total. The molecule has 2 N–H and O–H groups in total. The second kappa shape index (κ2) is 10.1. The molecule has 2 aliphatic heterocycles. The zero-order chi connectivity index (χ0) is 24.3. The van der Waals surface area contributed by atoms with Gasteiger partial charge in [-0.1, -0.05) is 30.3 Å². The van der Waals surface area contributed by atoms with Gasteiger partial charge in [0.2, 0.25) is 11.8 Å². The van der Waals surface area contributed by atoms with E-state index in [1.807, 2.05) is 44.2 Å². The minimum absolute atomic E-state index is 0.0967. The molecule has 0 aliphatic carbocycles. The van der Waals surface area contributed by atoms with Gasteiger partial charge in [0, 0.05) is 17.8 Å². The van der Waals surface area contributed by atoms with Crippen molar-refractivity contribution < 1.29 is 29.0 Å². The second-order valence-corrected chi connectivity index (χ2v) is 10.4. The summed E-state index contributed by atoms with van der Waals surface area (Å²) < 4.78 is 4.83. The number of carbonyl (C=O) groups is 4. The number of β-lactam (4-membered cyclic amide) rings is 1. The van der Waals surface area contributed by atoms with Gasteiger partial charge in [-0.05, 0) is 33.3 Å². The van der Waals surface area contributed by atoms with Crippen LogP contribution >= 0.6 is 11.8 Å². The Labute approximate surface area is 197 Å². The highest BCUT2D eigenvalue weighted by atomic mass is 32.2. The lowest BCUT2D eigenvalue weighted by atomic mass is 9.87. The second-order valence-electron chi connectivity index (χ2n) is 8.63. The number of amides is 3. The molecule has 2 heterocycles. The molecule has 0 radical (unpaired) electrons. The van der Waals surface area contributed by atoms with Crippen molar-refractivity contribution in [3.8, 4) is 0 Å². The molecule has 4 atom stereocenters. The standard InChI is InChI=1S/C23H31N3O6S/c1-5-24-15(27)12-25(6-2)20(30)17(28)16-19(29)26-18(23(3,4)33-21(16)26)22(31)32-13-14-10-8-7-9-11-14/h7-11,16-18,21,28H,5-6,12-13H2,1-4H3,(H,24,27)/t16-,17+,18+,21-/m1/s1. The van der Waals surface area contributed by atoms with E-state index in [0.717, 1.165) is 5.56 Å². The fraction of sp³-hybridized carbons (Fsp3) is 0.565. The van der Waals surface area contributed by atoms with Gasteiger partial charge in [0.05, 0.1) is 11.9 Å². The van der Waals surface area contributed by atoms with Gasteiger partial charge in [0.25, 0.3) is 5.91 Å². The quantitative estimate of drug-likeness (QED) is 0.398. The number of hydrogen-bond donors (Lipinski definition) is 2. The number of nitrogens with zero attached hydrogens (tertiary/aromatic N) is 2. The summed E-state index contributed by atoms with van der Waals surface area (Å²) in [4.78, 5) is 53.3. The molecule has 33 heavy (non-hydrogen) atoms. The third-order valence-electron chi connectivity index (χ3n) is 5.92. The highest BCUT2D eigenvalue weighted by molar-refractivity contribution is 8.01. The molecule has 180 valence electrons. The summed E-state index contributed by atoms with van der Waals surface area (Å²) >= 11 is 1.37. The van der Waals surface area contributed by atoms with E-state index in [0.29, 0.717) is 6.54 Å². The van der Waals surface area contributed by atoms with Crippen LogP contribution in [0, 0.1) is 5.92 Å². The predicted octanol–water partition coefficient (Wildman–Crippen LogP) is 0.754. The van der Waals surface area contributed by atoms with Gasteiger partial charge >= 0.3 is 5.97 Å². The Hall–Kier alpha value is -2.59. The van der Waals surface area contributed by atoms with Gasteiger partial charge in [0.15, 0.2) is 0 Å². The maximum atomic E-state index is 13.0. The molecule has 0 spiro atoms. The number of fused-ring (bicyclic) bond motifs is 1. The van der Waals surface area contributed by atoms with E-state index in [9.17, 15) is 24.3 Å². The smallest absolute Gasteiger partial charge is 0.330 e. The third kappa shape index (κ3) is 5.01. The maximum Gasteiger partial charge on any atom is 0.330 e. The van der Waals surface area contributed by atoms with Crippen molar-refractivity contribution in [3.63, 3.8) is 0 Å². The van der Waals surface area contributed by atoms with Crippen molar-refractivity contribution in [2.45, 2.75) is 56.6 Å². The van der Waals surface area contributed by atoms with Crippen LogP contribution in [-0.4, -0.2) is 80.5 Å². The number of aliphatic hydroxyl groups is 1. The van der Waals surface area contributed by atoms with E-state index in [4.69, 9.17) is 4.74 Å². The Balaban J connectivity index is 1.68. The van der Waals surface area contributed by atoms with E-state index < -0.39 is 46.0 Å². The molecule has 0 saturated carbocycles. The van der Waals surface area contributed by atoms with Crippen LogP contribution in [0.1, 0.15) is 33.3 Å². The summed E-state index contributed by atoms with van der Waals surface area (Å²) in [5.74, 6) is -2.96. The summed E-state index contributed by atoms with van der Waals surface area (Å²) in [6.45, 7) is 7.71. The summed E-state index contributed by atoms with van der Waals surface area (Å²) in [6.07, 6.45) is -1.59. The molecule has 1 aromatic rings. The molecule has 2 saturated heterocycles. The fourth-order valence-corrected chi connectivity index (χ4v) is 5.95. The van der Waals surface area contributed by atoms with Crippen LogP contribution < -0.4 is 5.32 Å². The van der Waals surface area contributed by atoms with Crippen LogP contribution in [0.2, 0.25) is 0 Å². The number of esters is 1. The molecule has 0 bridgehead atoms. The van der Waals surface area contributed by atoms with Crippen molar-refractivity contribution in [1.29, 1.82) is 0 Å². The number of carbonyl (C=O) groups excluding carboxylic acids is 4. The maximum absolute atomic E-state index is 13.0. The first-order chi connectivity index (χ1) is 15.6. The van der Waals surface area contributed by atoms with E-state index >= 15 is 0 Å². The van der Waals surface area contributed by atoms with Crippen LogP contribution in [0.25, 0.3) is 0 Å². The zero-order valence-electron chi connectivity index (χ0n) is 19.3. The van der Waals surface area contributed by atoms with E-state index in [-0.39, 0.29) is 25.6 Å². The van der Waals surface area contributed by atoms with Crippen LogP contribution in [0.5, 0.6) is 0 Å². The van der Waals surface area contributed by atoms with Crippen molar-refractivity contribution in [3.05, 3.63) is 35.9 Å². The van der Waals surface area contributed by atoms with Gasteiger partial charge in [-0.3, -0.25) is 14.4 Å². The van der Waals surface area contributed by atoms with Gasteiger partial charge in [0.1, 0.15) is 24.7 Å². The lowest BCUT2D eigenvalue weighted by molar-refractivity contribution is -0.175. The molecule has 10 heteroatoms. The average Bonchev–Trinajstić information content (AvgIpc) is 3.03. The first kappa shape index (κ1) is 25.0. The highest BCUT2D eigenvalue weighted by Gasteiger charge is 2.66. The fourth-order valence-electron chi connectivity index (χ4n) is 4.23. The number of likely N-dealkylation sites (N-methyl/N-ethyl adjacent to an activating group) is 2. The Morgan fingerprint density at radius 2 is 1.91 bits per heavy atom. The first-order valence-electron chi connectivity index (χ1n) is 11.1. The number of nitrogens with one attached hydrogen (secondary N) is 1. The van der Waals surface area contributed by atoms with Crippen molar-refractivity contribution >= 4 is 35.5 Å². The SMILES string of the molecule is CCNC(=O)CN(CC)C(=O)[C@@H](O)[C@@H]1C(=O)N2[C@@H]1SC(C)(C)[C@@H]2C(=O)OCc1ccccc1. The van der Waals surface area contributed by atoms with Crippen molar-refractivity contribution in [1.82, 2.24) is 15.1 Å². The predicted molar refractivity (Wildman–Crippen MR) is 123 cm³/mol. The number of hydrogen-bond acceptors (Lipinski definition) is 7. The Bertz CT molecular complexity index is 909. The number of aliphatic hydroxyl groups excluding tert-OH is 1. The molecule has 0 unspecified atom stereocenters. The van der Waals surface area contributed by atoms with Gasteiger partial charge in [-0.2, -0.15) is 0 Å². The number of rotatable bonds is 9. The van der Waals surface area contributed by atoms with E-state index in [2.05, 4.69) is 5.32 Å². The lowest BCUT2D eigenvalue weighted by Gasteiger charge is -2.45. The monoisotopic (exact) mass is 477 g/mol. The first-order valence-corrected chi connectivity index (χ1v) is 11.9. The molecule has 2 fully saturated rings. The summed E-state index contributed by atoms with van der Waals surface area (Å²) in [5, 5.41) is 12.8. The van der Waals surface area contributed by atoms with Crippen molar-refractivity contribution in [2.24, 2.45) is 5.92 Å².